The van der Waals surface area contributed by atoms with Gasteiger partial charge in [0.25, 0.3) is 11.8 Å². The average molecular weight is 408 g/mol. The van der Waals surface area contributed by atoms with E-state index in [9.17, 15) is 14.4 Å². The number of hydroxylamine groups is 2. The van der Waals surface area contributed by atoms with Crippen molar-refractivity contribution in [3.8, 4) is 0 Å². The Morgan fingerprint density at radius 2 is 1.59 bits per heavy atom. The van der Waals surface area contributed by atoms with Gasteiger partial charge in [0, 0.05) is 6.42 Å². The molecule has 2 heterocycles. The van der Waals surface area contributed by atoms with Crippen LogP contribution >= 0.6 is 11.3 Å². The van der Waals surface area contributed by atoms with Gasteiger partial charge in [-0.1, -0.05) is 43.2 Å². The second-order valence-corrected chi connectivity index (χ2v) is 8.18. The van der Waals surface area contributed by atoms with Crippen molar-refractivity contribution in [3.63, 3.8) is 0 Å². The minimum atomic E-state index is -0.872. The van der Waals surface area contributed by atoms with Gasteiger partial charge in [-0.05, 0) is 37.1 Å². The Bertz CT molecular complexity index is 1050. The van der Waals surface area contributed by atoms with Gasteiger partial charge < -0.3 is 4.84 Å². The summed E-state index contributed by atoms with van der Waals surface area (Å²) in [5, 5.41) is 1.42. The zero-order valence-electron chi connectivity index (χ0n) is 16.2. The molecular formula is C22H20N2O4S. The summed E-state index contributed by atoms with van der Waals surface area (Å²) in [5.74, 6) is -1.81. The van der Waals surface area contributed by atoms with E-state index in [-0.39, 0.29) is 11.1 Å². The first-order valence-corrected chi connectivity index (χ1v) is 10.4. The standard InChI is InChI=1S/C22H20N2O4S/c1-3-22(4-2,13-18-23-16-11-7-8-12-17(16)29-18)21(27)28-24-19(25)14-9-5-6-10-15(14)20(24)26/h5-12H,3-4,13H2,1-2H3. The molecule has 0 unspecified atom stereocenters. The molecule has 29 heavy (non-hydrogen) atoms. The molecule has 0 N–H and O–H groups in total. The van der Waals surface area contributed by atoms with Gasteiger partial charge in [-0.25, -0.2) is 9.78 Å². The second-order valence-electron chi connectivity index (χ2n) is 7.07. The molecule has 0 radical (unpaired) electrons. The van der Waals surface area contributed by atoms with Crippen molar-refractivity contribution < 1.29 is 19.2 Å². The number of aromatic nitrogens is 1. The van der Waals surface area contributed by atoms with Gasteiger partial charge in [0.2, 0.25) is 0 Å². The maximum Gasteiger partial charge on any atom is 0.339 e. The molecule has 3 aromatic rings. The number of amides is 2. The lowest BCUT2D eigenvalue weighted by atomic mass is 9.79. The smallest absolute Gasteiger partial charge is 0.329 e. The Balaban J connectivity index is 1.59. The normalized spacial score (nSPS) is 13.8. The summed E-state index contributed by atoms with van der Waals surface area (Å²) in [6.07, 6.45) is 1.39. The van der Waals surface area contributed by atoms with Gasteiger partial charge in [-0.2, -0.15) is 0 Å². The molecule has 1 aliphatic rings. The van der Waals surface area contributed by atoms with Crippen molar-refractivity contribution in [3.05, 3.63) is 64.7 Å². The first-order chi connectivity index (χ1) is 14.0. The third kappa shape index (κ3) is 3.21. The number of fused-ring (bicyclic) bond motifs is 2. The van der Waals surface area contributed by atoms with Gasteiger partial charge in [0.15, 0.2) is 0 Å². The monoisotopic (exact) mass is 408 g/mol. The van der Waals surface area contributed by atoms with Crippen LogP contribution in [0, 0.1) is 5.41 Å². The second kappa shape index (κ2) is 7.40. The van der Waals surface area contributed by atoms with E-state index >= 15 is 0 Å². The lowest BCUT2D eigenvalue weighted by Gasteiger charge is -2.29. The number of carbonyl (C=O) groups excluding carboxylic acids is 3. The Labute approximate surface area is 172 Å². The fraction of sp³-hybridized carbons (Fsp3) is 0.273. The number of rotatable bonds is 6. The van der Waals surface area contributed by atoms with Crippen LogP contribution in [0.15, 0.2) is 48.5 Å². The quantitative estimate of drug-likeness (QED) is 0.565. The molecule has 7 heteroatoms. The topological polar surface area (TPSA) is 76.6 Å². The number of para-hydroxylation sites is 1. The van der Waals surface area contributed by atoms with Crippen LogP contribution in [0.1, 0.15) is 52.4 Å². The SMILES string of the molecule is CCC(CC)(Cc1nc2ccccc2s1)C(=O)ON1C(=O)c2ccccc2C1=O. The van der Waals surface area contributed by atoms with Crippen LogP contribution in [0.4, 0.5) is 0 Å². The number of thiazole rings is 1. The predicted octanol–water partition coefficient (Wildman–Crippen LogP) is 4.40. The van der Waals surface area contributed by atoms with Gasteiger partial charge in [0.05, 0.1) is 31.8 Å². The van der Waals surface area contributed by atoms with Crippen molar-refractivity contribution >= 4 is 39.3 Å². The van der Waals surface area contributed by atoms with Crippen LogP contribution in [-0.4, -0.2) is 27.8 Å². The summed E-state index contributed by atoms with van der Waals surface area (Å²) in [5.41, 5.74) is 0.510. The zero-order valence-corrected chi connectivity index (χ0v) is 17.0. The van der Waals surface area contributed by atoms with Crippen molar-refractivity contribution in [2.45, 2.75) is 33.1 Å². The highest BCUT2D eigenvalue weighted by atomic mass is 32.1. The summed E-state index contributed by atoms with van der Waals surface area (Å²) in [4.78, 5) is 48.3. The highest BCUT2D eigenvalue weighted by Crippen LogP contribution is 2.36. The fourth-order valence-electron chi connectivity index (χ4n) is 3.58. The summed E-state index contributed by atoms with van der Waals surface area (Å²) in [6, 6.07) is 14.3. The van der Waals surface area contributed by atoms with E-state index in [2.05, 4.69) is 4.98 Å². The Morgan fingerprint density at radius 3 is 2.17 bits per heavy atom. The first kappa shape index (κ1) is 19.3. The Kier molecular flexibility index (Phi) is 4.92. The van der Waals surface area contributed by atoms with Crippen LogP contribution in [0.2, 0.25) is 0 Å². The van der Waals surface area contributed by atoms with E-state index in [0.717, 1.165) is 15.2 Å². The molecule has 0 saturated heterocycles. The molecule has 1 aliphatic heterocycles. The summed E-state index contributed by atoms with van der Waals surface area (Å²) >= 11 is 1.54. The largest absolute Gasteiger partial charge is 0.339 e. The molecule has 0 fully saturated rings. The molecule has 0 spiro atoms. The molecule has 6 nitrogen and oxygen atoms in total. The van der Waals surface area contributed by atoms with Crippen molar-refractivity contribution in [2.75, 3.05) is 0 Å². The molecule has 0 aliphatic carbocycles. The lowest BCUT2D eigenvalue weighted by molar-refractivity contribution is -0.182. The van der Waals surface area contributed by atoms with Crippen molar-refractivity contribution in [1.82, 2.24) is 10.0 Å². The molecule has 1 aromatic heterocycles. The van der Waals surface area contributed by atoms with Gasteiger partial charge in [-0.15, -0.1) is 11.3 Å². The minimum absolute atomic E-state index is 0.245. The van der Waals surface area contributed by atoms with Crippen molar-refractivity contribution in [1.29, 1.82) is 0 Å². The van der Waals surface area contributed by atoms with E-state index in [1.54, 1.807) is 24.3 Å². The van der Waals surface area contributed by atoms with Crippen molar-refractivity contribution in [2.24, 2.45) is 5.41 Å². The summed E-state index contributed by atoms with van der Waals surface area (Å²) < 4.78 is 1.05. The Morgan fingerprint density at radius 1 is 1.00 bits per heavy atom. The lowest BCUT2D eigenvalue weighted by Crippen LogP contribution is -2.41. The summed E-state index contributed by atoms with van der Waals surface area (Å²) in [7, 11) is 0. The zero-order chi connectivity index (χ0) is 20.6. The van der Waals surface area contributed by atoms with Crippen LogP contribution in [0.25, 0.3) is 10.2 Å². The van der Waals surface area contributed by atoms with Crippen LogP contribution in [0.3, 0.4) is 0 Å². The van der Waals surface area contributed by atoms with Crippen LogP contribution < -0.4 is 0 Å². The number of benzene rings is 2. The third-order valence-electron chi connectivity index (χ3n) is 5.55. The van der Waals surface area contributed by atoms with E-state index in [4.69, 9.17) is 4.84 Å². The maximum absolute atomic E-state index is 13.2. The van der Waals surface area contributed by atoms with E-state index < -0.39 is 23.2 Å². The Hall–Kier alpha value is -3.06. The number of nitrogens with zero attached hydrogens (tertiary/aromatic N) is 2. The fourth-order valence-corrected chi connectivity index (χ4v) is 4.69. The molecule has 2 amide bonds. The maximum atomic E-state index is 13.2. The van der Waals surface area contributed by atoms with Crippen LogP contribution in [0.5, 0.6) is 0 Å². The molecule has 2 aromatic carbocycles. The predicted molar refractivity (Wildman–Crippen MR) is 109 cm³/mol. The number of carbonyl (C=O) groups is 3. The van der Waals surface area contributed by atoms with Gasteiger partial charge >= 0.3 is 5.97 Å². The number of imide groups is 1. The number of hydrogen-bond acceptors (Lipinski definition) is 6. The minimum Gasteiger partial charge on any atom is -0.329 e. The van der Waals surface area contributed by atoms with Gasteiger partial charge in [-0.3, -0.25) is 9.59 Å². The molecule has 0 bridgehead atoms. The van der Waals surface area contributed by atoms with E-state index in [1.807, 2.05) is 38.1 Å². The molecule has 148 valence electrons. The number of hydrogen-bond donors (Lipinski definition) is 0. The third-order valence-corrected chi connectivity index (χ3v) is 6.58. The highest BCUT2D eigenvalue weighted by molar-refractivity contribution is 7.18. The average Bonchev–Trinajstić information content (AvgIpc) is 3.26. The molecule has 0 saturated carbocycles. The molecule has 4 rings (SSSR count). The molecule has 0 atom stereocenters. The van der Waals surface area contributed by atoms with E-state index in [1.165, 1.54) is 11.3 Å². The van der Waals surface area contributed by atoms with E-state index in [0.29, 0.717) is 24.3 Å². The highest BCUT2D eigenvalue weighted by Gasteiger charge is 2.44. The first-order valence-electron chi connectivity index (χ1n) is 9.53. The van der Waals surface area contributed by atoms with Gasteiger partial charge in [0.1, 0.15) is 0 Å². The van der Waals surface area contributed by atoms with Crippen LogP contribution in [-0.2, 0) is 16.1 Å². The summed E-state index contributed by atoms with van der Waals surface area (Å²) in [6.45, 7) is 3.81. The molecular weight excluding hydrogens is 388 g/mol.